The van der Waals surface area contributed by atoms with Crippen molar-refractivity contribution < 1.29 is 0 Å². The van der Waals surface area contributed by atoms with E-state index in [1.807, 2.05) is 50.2 Å². The van der Waals surface area contributed by atoms with Crippen LogP contribution in [0.3, 0.4) is 0 Å². The number of rotatable bonds is 2. The van der Waals surface area contributed by atoms with Crippen molar-refractivity contribution in [1.29, 1.82) is 0 Å². The summed E-state index contributed by atoms with van der Waals surface area (Å²) in [6.45, 7) is 3.98. The van der Waals surface area contributed by atoms with Gasteiger partial charge in [-0.1, -0.05) is 60.7 Å². The molecule has 0 fully saturated rings. The van der Waals surface area contributed by atoms with E-state index in [9.17, 15) is 0 Å². The van der Waals surface area contributed by atoms with Gasteiger partial charge in [0.05, 0.1) is 5.69 Å². The van der Waals surface area contributed by atoms with Crippen LogP contribution in [0.5, 0.6) is 0 Å². The van der Waals surface area contributed by atoms with Crippen molar-refractivity contribution in [2.45, 2.75) is 13.8 Å². The molecule has 0 saturated heterocycles. The highest BCUT2D eigenvalue weighted by Gasteiger charge is 2.13. The molecule has 0 aliphatic heterocycles. The van der Waals surface area contributed by atoms with Crippen LogP contribution in [0, 0.1) is 13.8 Å². The number of aryl methyl sites for hydroxylation is 2. The van der Waals surface area contributed by atoms with E-state index in [4.69, 9.17) is 0 Å². The van der Waals surface area contributed by atoms with E-state index in [0.29, 0.717) is 0 Å². The monoisotopic (exact) mass is 260 g/mol. The van der Waals surface area contributed by atoms with E-state index in [1.54, 1.807) is 0 Å². The Morgan fingerprint density at radius 3 is 1.80 bits per heavy atom. The predicted molar refractivity (Wildman–Crippen MR) is 82.4 cm³/mol. The molecule has 2 heteroatoms. The highest BCUT2D eigenvalue weighted by molar-refractivity contribution is 5.82. The Bertz CT molecular complexity index is 719. The molecule has 3 aromatic rings. The maximum absolute atomic E-state index is 4.67. The number of hydrogen-bond donors (Lipinski definition) is 0. The standard InChI is InChI=1S/C18H16N2/c1-13-17(15-9-5-3-6-10-15)18(20-14(2)19-13)16-11-7-4-8-12-16/h3-12H,1-2H3. The molecule has 0 radical (unpaired) electrons. The molecular weight excluding hydrogens is 244 g/mol. The van der Waals surface area contributed by atoms with E-state index < -0.39 is 0 Å². The minimum atomic E-state index is 0.807. The Hall–Kier alpha value is -2.48. The fourth-order valence-corrected chi connectivity index (χ4v) is 2.47. The Morgan fingerprint density at radius 2 is 1.20 bits per heavy atom. The molecule has 2 aromatic carbocycles. The summed E-state index contributed by atoms with van der Waals surface area (Å²) >= 11 is 0. The van der Waals surface area contributed by atoms with Gasteiger partial charge in [0.1, 0.15) is 5.82 Å². The third-order valence-corrected chi connectivity index (χ3v) is 3.31. The molecule has 98 valence electrons. The number of benzene rings is 2. The van der Waals surface area contributed by atoms with Gasteiger partial charge in [-0.3, -0.25) is 0 Å². The lowest BCUT2D eigenvalue weighted by Crippen LogP contribution is -1.99. The zero-order valence-corrected chi connectivity index (χ0v) is 11.7. The predicted octanol–water partition coefficient (Wildman–Crippen LogP) is 4.43. The summed E-state index contributed by atoms with van der Waals surface area (Å²) in [6.07, 6.45) is 0. The molecule has 0 spiro atoms. The van der Waals surface area contributed by atoms with Gasteiger partial charge in [-0.15, -0.1) is 0 Å². The Labute approximate surface area is 119 Å². The molecular formula is C18H16N2. The SMILES string of the molecule is Cc1nc(C)c(-c2ccccc2)c(-c2ccccc2)n1. The van der Waals surface area contributed by atoms with Crippen LogP contribution in [0.2, 0.25) is 0 Å². The summed E-state index contributed by atoms with van der Waals surface area (Å²) in [5.74, 6) is 0.807. The zero-order chi connectivity index (χ0) is 13.9. The van der Waals surface area contributed by atoms with E-state index >= 15 is 0 Å². The first-order valence-corrected chi connectivity index (χ1v) is 6.72. The topological polar surface area (TPSA) is 25.8 Å². The minimum Gasteiger partial charge on any atom is -0.238 e. The molecule has 0 bridgehead atoms. The summed E-state index contributed by atoms with van der Waals surface area (Å²) in [5.41, 5.74) is 5.41. The second-order valence-electron chi connectivity index (χ2n) is 4.81. The van der Waals surface area contributed by atoms with Crippen molar-refractivity contribution in [3.05, 3.63) is 72.2 Å². The largest absolute Gasteiger partial charge is 0.238 e. The fourth-order valence-electron chi connectivity index (χ4n) is 2.47. The van der Waals surface area contributed by atoms with Gasteiger partial charge >= 0.3 is 0 Å². The Morgan fingerprint density at radius 1 is 0.650 bits per heavy atom. The molecule has 0 amide bonds. The normalized spacial score (nSPS) is 10.5. The van der Waals surface area contributed by atoms with Gasteiger partial charge in [0, 0.05) is 16.8 Å². The van der Waals surface area contributed by atoms with Gasteiger partial charge in [-0.25, -0.2) is 9.97 Å². The molecule has 0 aliphatic carbocycles. The number of nitrogens with zero attached hydrogens (tertiary/aromatic N) is 2. The maximum Gasteiger partial charge on any atom is 0.126 e. The van der Waals surface area contributed by atoms with Gasteiger partial charge in [0.25, 0.3) is 0 Å². The second kappa shape index (κ2) is 5.25. The second-order valence-corrected chi connectivity index (χ2v) is 4.81. The summed E-state index contributed by atoms with van der Waals surface area (Å²) in [6, 6.07) is 20.6. The van der Waals surface area contributed by atoms with Crippen molar-refractivity contribution in [2.24, 2.45) is 0 Å². The third-order valence-electron chi connectivity index (χ3n) is 3.31. The van der Waals surface area contributed by atoms with Crippen molar-refractivity contribution in [3.8, 4) is 22.4 Å². The van der Waals surface area contributed by atoms with Crippen LogP contribution in [0.15, 0.2) is 60.7 Å². The number of aromatic nitrogens is 2. The van der Waals surface area contributed by atoms with Crippen LogP contribution >= 0.6 is 0 Å². The molecule has 0 aliphatic rings. The van der Waals surface area contributed by atoms with E-state index in [1.165, 1.54) is 0 Å². The highest BCUT2D eigenvalue weighted by Crippen LogP contribution is 2.32. The number of hydrogen-bond acceptors (Lipinski definition) is 2. The van der Waals surface area contributed by atoms with Crippen molar-refractivity contribution in [1.82, 2.24) is 9.97 Å². The summed E-state index contributed by atoms with van der Waals surface area (Å²) in [5, 5.41) is 0. The fraction of sp³-hybridized carbons (Fsp3) is 0.111. The first-order valence-electron chi connectivity index (χ1n) is 6.72. The average molecular weight is 260 g/mol. The summed E-state index contributed by atoms with van der Waals surface area (Å²) < 4.78 is 0. The van der Waals surface area contributed by atoms with Crippen LogP contribution in [0.25, 0.3) is 22.4 Å². The molecule has 1 heterocycles. The third kappa shape index (κ3) is 2.32. The van der Waals surface area contributed by atoms with Crippen molar-refractivity contribution in [2.75, 3.05) is 0 Å². The van der Waals surface area contributed by atoms with E-state index in [-0.39, 0.29) is 0 Å². The molecule has 3 rings (SSSR count). The van der Waals surface area contributed by atoms with Gasteiger partial charge in [-0.2, -0.15) is 0 Å². The quantitative estimate of drug-likeness (QED) is 0.681. The molecule has 0 unspecified atom stereocenters. The van der Waals surface area contributed by atoms with Crippen LogP contribution < -0.4 is 0 Å². The van der Waals surface area contributed by atoms with Crippen LogP contribution in [0.4, 0.5) is 0 Å². The maximum atomic E-state index is 4.67. The average Bonchev–Trinajstić information content (AvgIpc) is 2.48. The van der Waals surface area contributed by atoms with Crippen molar-refractivity contribution in [3.63, 3.8) is 0 Å². The molecule has 2 nitrogen and oxygen atoms in total. The Kier molecular flexibility index (Phi) is 3.30. The van der Waals surface area contributed by atoms with Gasteiger partial charge in [0.2, 0.25) is 0 Å². The lowest BCUT2D eigenvalue weighted by Gasteiger charge is -2.12. The van der Waals surface area contributed by atoms with Crippen LogP contribution in [0.1, 0.15) is 11.5 Å². The summed E-state index contributed by atoms with van der Waals surface area (Å²) in [7, 11) is 0. The van der Waals surface area contributed by atoms with Crippen LogP contribution in [-0.2, 0) is 0 Å². The van der Waals surface area contributed by atoms with Crippen LogP contribution in [-0.4, -0.2) is 9.97 Å². The zero-order valence-electron chi connectivity index (χ0n) is 11.7. The molecule has 1 aromatic heterocycles. The molecule has 0 N–H and O–H groups in total. The van der Waals surface area contributed by atoms with Crippen molar-refractivity contribution >= 4 is 0 Å². The van der Waals surface area contributed by atoms with Gasteiger partial charge < -0.3 is 0 Å². The minimum absolute atomic E-state index is 0.807. The molecule has 0 saturated carbocycles. The van der Waals surface area contributed by atoms with E-state index in [0.717, 1.165) is 33.9 Å². The van der Waals surface area contributed by atoms with Gasteiger partial charge in [-0.05, 0) is 19.4 Å². The van der Waals surface area contributed by atoms with E-state index in [2.05, 4.69) is 34.2 Å². The molecule has 20 heavy (non-hydrogen) atoms. The molecule has 0 atom stereocenters. The lowest BCUT2D eigenvalue weighted by atomic mass is 9.98. The highest BCUT2D eigenvalue weighted by atomic mass is 14.9. The first-order chi connectivity index (χ1) is 9.75. The first kappa shape index (κ1) is 12.5. The smallest absolute Gasteiger partial charge is 0.126 e. The Balaban J connectivity index is 2.29. The summed E-state index contributed by atoms with van der Waals surface area (Å²) in [4.78, 5) is 9.19. The van der Waals surface area contributed by atoms with Gasteiger partial charge in [0.15, 0.2) is 0 Å². The lowest BCUT2D eigenvalue weighted by molar-refractivity contribution is 1.02.